The maximum atomic E-state index is 13.6. The second-order valence-electron chi connectivity index (χ2n) is 7.67. The first-order valence-corrected chi connectivity index (χ1v) is 10.6. The van der Waals surface area contributed by atoms with E-state index in [1.807, 2.05) is 49.4 Å². The van der Waals surface area contributed by atoms with Gasteiger partial charge >= 0.3 is 0 Å². The summed E-state index contributed by atoms with van der Waals surface area (Å²) in [6, 6.07) is 21.2. The van der Waals surface area contributed by atoms with Gasteiger partial charge < -0.3 is 0 Å². The predicted octanol–water partition coefficient (Wildman–Crippen LogP) is 5.35. The maximum Gasteiger partial charge on any atom is 0.266 e. The van der Waals surface area contributed by atoms with Crippen LogP contribution < -0.4 is 9.96 Å². The quantitative estimate of drug-likeness (QED) is 0.502. The molecule has 0 unspecified atom stereocenters. The third-order valence-corrected chi connectivity index (χ3v) is 6.26. The number of aryl methyl sites for hydroxylation is 1. The zero-order valence-corrected chi connectivity index (χ0v) is 18.0. The molecule has 7 heteroatoms. The number of rotatable bonds is 3. The van der Waals surface area contributed by atoms with Crippen molar-refractivity contribution < 1.29 is 14.4 Å². The standard InChI is InChI=1S/C24H18Cl2N2O3/c1-14-7-10-16(11-8-14)27-23(29)20-21(18-12-9-15(25)13-19(18)26)28(31-22(20)24(27)30)17-5-3-2-4-6-17/h2-13,20-22H,1H3/t20-,21+,22-/m1/s1. The van der Waals surface area contributed by atoms with E-state index in [4.69, 9.17) is 28.0 Å². The molecule has 0 bridgehead atoms. The fraction of sp³-hybridized carbons (Fsp3) is 0.167. The highest BCUT2D eigenvalue weighted by Gasteiger charge is 2.60. The summed E-state index contributed by atoms with van der Waals surface area (Å²) >= 11 is 12.6. The number of nitrogens with zero attached hydrogens (tertiary/aromatic N) is 2. The number of hydroxylamine groups is 1. The first kappa shape index (κ1) is 20.1. The van der Waals surface area contributed by atoms with Crippen molar-refractivity contribution in [3.05, 3.63) is 94.0 Å². The Bertz CT molecular complexity index is 1170. The van der Waals surface area contributed by atoms with Crippen LogP contribution >= 0.6 is 23.2 Å². The lowest BCUT2D eigenvalue weighted by Gasteiger charge is -2.29. The lowest BCUT2D eigenvalue weighted by Crippen LogP contribution is -2.37. The molecule has 2 fully saturated rings. The van der Waals surface area contributed by atoms with Gasteiger partial charge in [0.05, 0.1) is 17.4 Å². The average Bonchev–Trinajstić information content (AvgIpc) is 3.26. The summed E-state index contributed by atoms with van der Waals surface area (Å²) in [4.78, 5) is 34.2. The molecule has 0 spiro atoms. The Hall–Kier alpha value is -2.86. The topological polar surface area (TPSA) is 49.9 Å². The van der Waals surface area contributed by atoms with Gasteiger partial charge in [-0.3, -0.25) is 14.4 Å². The van der Waals surface area contributed by atoms with E-state index >= 15 is 0 Å². The van der Waals surface area contributed by atoms with Crippen LogP contribution in [-0.2, 0) is 14.4 Å². The van der Waals surface area contributed by atoms with Crippen molar-refractivity contribution in [3.63, 3.8) is 0 Å². The van der Waals surface area contributed by atoms with E-state index in [-0.39, 0.29) is 11.8 Å². The van der Waals surface area contributed by atoms with Gasteiger partial charge in [0, 0.05) is 10.0 Å². The van der Waals surface area contributed by atoms with Crippen LogP contribution in [0, 0.1) is 12.8 Å². The van der Waals surface area contributed by atoms with E-state index in [9.17, 15) is 9.59 Å². The zero-order valence-electron chi connectivity index (χ0n) is 16.5. The van der Waals surface area contributed by atoms with Gasteiger partial charge in [-0.2, -0.15) is 0 Å². The number of halogens is 2. The number of benzene rings is 3. The van der Waals surface area contributed by atoms with E-state index in [1.54, 1.807) is 35.4 Å². The first-order chi connectivity index (χ1) is 15.0. The van der Waals surface area contributed by atoms with Gasteiger partial charge in [0.1, 0.15) is 5.92 Å². The molecule has 3 aromatic carbocycles. The number of para-hydroxylation sites is 1. The summed E-state index contributed by atoms with van der Waals surface area (Å²) in [5.41, 5.74) is 2.98. The van der Waals surface area contributed by atoms with E-state index in [2.05, 4.69) is 0 Å². The molecule has 5 nitrogen and oxygen atoms in total. The van der Waals surface area contributed by atoms with E-state index in [1.165, 1.54) is 4.90 Å². The molecule has 0 saturated carbocycles. The lowest BCUT2D eigenvalue weighted by molar-refractivity contribution is -0.126. The Labute approximate surface area is 189 Å². The van der Waals surface area contributed by atoms with Gasteiger partial charge in [0.25, 0.3) is 5.91 Å². The van der Waals surface area contributed by atoms with Crippen LogP contribution in [0.3, 0.4) is 0 Å². The van der Waals surface area contributed by atoms with Crippen LogP contribution in [0.15, 0.2) is 72.8 Å². The Morgan fingerprint density at radius 2 is 1.55 bits per heavy atom. The smallest absolute Gasteiger partial charge is 0.266 e. The molecule has 0 aliphatic carbocycles. The second kappa shape index (κ2) is 7.68. The van der Waals surface area contributed by atoms with E-state index in [0.717, 1.165) is 11.3 Å². The summed E-state index contributed by atoms with van der Waals surface area (Å²) in [6.07, 6.45) is -0.939. The molecule has 0 radical (unpaired) electrons. The zero-order chi connectivity index (χ0) is 21.7. The van der Waals surface area contributed by atoms with Gasteiger partial charge in [-0.1, -0.05) is 65.2 Å². The largest absolute Gasteiger partial charge is 0.273 e. The molecule has 2 aliphatic heterocycles. The summed E-state index contributed by atoms with van der Waals surface area (Å²) < 4.78 is 0. The Kier molecular flexibility index (Phi) is 4.97. The van der Waals surface area contributed by atoms with E-state index in [0.29, 0.717) is 21.3 Å². The number of carbonyl (C=O) groups is 2. The fourth-order valence-corrected chi connectivity index (χ4v) is 4.74. The predicted molar refractivity (Wildman–Crippen MR) is 120 cm³/mol. The highest BCUT2D eigenvalue weighted by Crippen LogP contribution is 2.49. The van der Waals surface area contributed by atoms with E-state index < -0.39 is 18.1 Å². The Balaban J connectivity index is 1.61. The van der Waals surface area contributed by atoms with Crippen LogP contribution in [-0.4, -0.2) is 17.9 Å². The SMILES string of the molecule is Cc1ccc(N2C(=O)[C@H]3[C@@H](ON(c4ccccc4)[C@H]3c3ccc(Cl)cc3Cl)C2=O)cc1. The number of imide groups is 1. The molecular formula is C24H18Cl2N2O3. The van der Waals surface area contributed by atoms with Crippen molar-refractivity contribution >= 4 is 46.4 Å². The number of carbonyl (C=O) groups excluding carboxylic acids is 2. The molecule has 2 amide bonds. The van der Waals surface area contributed by atoms with Crippen LogP contribution in [0.25, 0.3) is 0 Å². The Morgan fingerprint density at radius 1 is 0.839 bits per heavy atom. The fourth-order valence-electron chi connectivity index (χ4n) is 4.22. The average molecular weight is 453 g/mol. The van der Waals surface area contributed by atoms with Crippen LogP contribution in [0.1, 0.15) is 17.2 Å². The van der Waals surface area contributed by atoms with Crippen molar-refractivity contribution in [2.24, 2.45) is 5.92 Å². The highest BCUT2D eigenvalue weighted by molar-refractivity contribution is 6.35. The monoisotopic (exact) mass is 452 g/mol. The second-order valence-corrected chi connectivity index (χ2v) is 8.51. The van der Waals surface area contributed by atoms with Crippen molar-refractivity contribution in [1.82, 2.24) is 0 Å². The third kappa shape index (κ3) is 3.30. The minimum absolute atomic E-state index is 0.312. The third-order valence-electron chi connectivity index (χ3n) is 5.70. The highest BCUT2D eigenvalue weighted by atomic mass is 35.5. The number of hydrogen-bond acceptors (Lipinski definition) is 4. The summed E-state index contributed by atoms with van der Waals surface area (Å²) in [6.45, 7) is 1.95. The molecular weight excluding hydrogens is 435 g/mol. The van der Waals surface area contributed by atoms with Crippen LogP contribution in [0.5, 0.6) is 0 Å². The molecule has 0 aromatic heterocycles. The van der Waals surface area contributed by atoms with Gasteiger partial charge in [-0.15, -0.1) is 0 Å². The molecule has 2 saturated heterocycles. The van der Waals surface area contributed by atoms with Gasteiger partial charge in [-0.05, 0) is 48.9 Å². The van der Waals surface area contributed by atoms with Crippen LogP contribution in [0.4, 0.5) is 11.4 Å². The molecule has 3 aromatic rings. The summed E-state index contributed by atoms with van der Waals surface area (Å²) in [7, 11) is 0. The van der Waals surface area contributed by atoms with Gasteiger partial charge in [0.2, 0.25) is 5.91 Å². The van der Waals surface area contributed by atoms with Crippen molar-refractivity contribution in [1.29, 1.82) is 0 Å². The molecule has 2 heterocycles. The first-order valence-electron chi connectivity index (χ1n) is 9.86. The molecule has 31 heavy (non-hydrogen) atoms. The summed E-state index contributed by atoms with van der Waals surface area (Å²) in [5, 5.41) is 2.52. The Morgan fingerprint density at radius 3 is 2.23 bits per heavy atom. The van der Waals surface area contributed by atoms with Crippen molar-refractivity contribution in [2.45, 2.75) is 19.1 Å². The minimum atomic E-state index is -0.939. The van der Waals surface area contributed by atoms with Crippen molar-refractivity contribution in [3.8, 4) is 0 Å². The molecule has 0 N–H and O–H groups in total. The van der Waals surface area contributed by atoms with Gasteiger partial charge in [-0.25, -0.2) is 9.96 Å². The number of amides is 2. The molecule has 5 rings (SSSR count). The number of fused-ring (bicyclic) bond motifs is 1. The normalized spacial score (nSPS) is 22.9. The molecule has 3 atom stereocenters. The van der Waals surface area contributed by atoms with Crippen molar-refractivity contribution in [2.75, 3.05) is 9.96 Å². The number of anilines is 2. The lowest BCUT2D eigenvalue weighted by atomic mass is 9.90. The summed E-state index contributed by atoms with van der Waals surface area (Å²) in [5.74, 6) is -1.44. The van der Waals surface area contributed by atoms with Gasteiger partial charge in [0.15, 0.2) is 6.10 Å². The minimum Gasteiger partial charge on any atom is -0.273 e. The van der Waals surface area contributed by atoms with Crippen LogP contribution in [0.2, 0.25) is 10.0 Å². The molecule has 2 aliphatic rings. The molecule has 156 valence electrons. The maximum absolute atomic E-state index is 13.6. The number of hydrogen-bond donors (Lipinski definition) is 0.